The van der Waals surface area contributed by atoms with Crippen LogP contribution in [0.25, 0.3) is 0 Å². The first-order valence-electron chi connectivity index (χ1n) is 7.99. The molecule has 0 aliphatic heterocycles. The van der Waals surface area contributed by atoms with E-state index in [1.54, 1.807) is 0 Å². The Bertz CT molecular complexity index is 238. The predicted octanol–water partition coefficient (Wildman–Crippen LogP) is 5.57. The number of unbranched alkanes of at least 4 members (excludes halogenated alkanes) is 7. The summed E-state index contributed by atoms with van der Waals surface area (Å²) >= 11 is 0. The van der Waals surface area contributed by atoms with Gasteiger partial charge in [0.2, 0.25) is 0 Å². The van der Waals surface area contributed by atoms with Crippen LogP contribution in [-0.2, 0) is 0 Å². The highest BCUT2D eigenvalue weighted by Crippen LogP contribution is 2.06. The summed E-state index contributed by atoms with van der Waals surface area (Å²) in [5.41, 5.74) is 0. The van der Waals surface area contributed by atoms with Crippen LogP contribution in [0.1, 0.15) is 71.1 Å². The van der Waals surface area contributed by atoms with Gasteiger partial charge in [-0.05, 0) is 44.9 Å². The van der Waals surface area contributed by atoms with E-state index in [0.717, 1.165) is 6.42 Å². The van der Waals surface area contributed by atoms with E-state index in [4.69, 9.17) is 5.11 Å². The number of aliphatic hydroxyl groups is 1. The summed E-state index contributed by atoms with van der Waals surface area (Å²) in [6.07, 6.45) is 25.4. The third-order valence-corrected chi connectivity index (χ3v) is 3.06. The number of hydrogen-bond acceptors (Lipinski definition) is 1. The van der Waals surface area contributed by atoms with Crippen molar-refractivity contribution in [1.29, 1.82) is 0 Å². The highest BCUT2D eigenvalue weighted by molar-refractivity contribution is 5.02. The number of allylic oxidation sites excluding steroid dienone is 5. The van der Waals surface area contributed by atoms with Crippen LogP contribution >= 0.6 is 0 Å². The van der Waals surface area contributed by atoms with Gasteiger partial charge < -0.3 is 5.11 Å². The van der Waals surface area contributed by atoms with Gasteiger partial charge in [0.1, 0.15) is 0 Å². The second kappa shape index (κ2) is 17.2. The summed E-state index contributed by atoms with van der Waals surface area (Å²) in [6.45, 7) is 2.50. The molecule has 1 heteroatoms. The lowest BCUT2D eigenvalue weighted by Gasteiger charge is -1.95. The van der Waals surface area contributed by atoms with E-state index in [2.05, 4.69) is 31.2 Å². The molecule has 0 bridgehead atoms. The van der Waals surface area contributed by atoms with Crippen molar-refractivity contribution < 1.29 is 5.11 Å². The molecule has 0 aromatic carbocycles. The average Bonchev–Trinajstić information content (AvgIpc) is 2.43. The lowest BCUT2D eigenvalue weighted by Crippen LogP contribution is -1.76. The van der Waals surface area contributed by atoms with Crippen LogP contribution in [0, 0.1) is 0 Å². The largest absolute Gasteiger partial charge is 0.396 e. The number of hydrogen-bond donors (Lipinski definition) is 1. The van der Waals surface area contributed by atoms with E-state index in [1.807, 2.05) is 12.2 Å². The summed E-state index contributed by atoms with van der Waals surface area (Å²) in [4.78, 5) is 0. The molecule has 19 heavy (non-hydrogen) atoms. The maximum Gasteiger partial charge on any atom is 0.0465 e. The zero-order chi connectivity index (χ0) is 14.0. The Morgan fingerprint density at radius 2 is 1.16 bits per heavy atom. The summed E-state index contributed by atoms with van der Waals surface area (Å²) in [6, 6.07) is 0. The molecular formula is C18H32O. The molecule has 0 amide bonds. The van der Waals surface area contributed by atoms with Gasteiger partial charge in [0.25, 0.3) is 0 Å². The monoisotopic (exact) mass is 264 g/mol. The van der Waals surface area contributed by atoms with Crippen molar-refractivity contribution in [1.82, 2.24) is 0 Å². The zero-order valence-electron chi connectivity index (χ0n) is 12.7. The summed E-state index contributed by atoms with van der Waals surface area (Å²) < 4.78 is 0. The summed E-state index contributed by atoms with van der Waals surface area (Å²) in [5, 5.41) is 8.59. The lowest BCUT2D eigenvalue weighted by atomic mass is 10.1. The second-order valence-corrected chi connectivity index (χ2v) is 4.97. The Morgan fingerprint density at radius 1 is 0.632 bits per heavy atom. The molecular weight excluding hydrogens is 232 g/mol. The molecule has 0 fully saturated rings. The van der Waals surface area contributed by atoms with E-state index < -0.39 is 0 Å². The fraction of sp³-hybridized carbons (Fsp3) is 0.667. The predicted molar refractivity (Wildman–Crippen MR) is 86.3 cm³/mol. The van der Waals surface area contributed by atoms with Gasteiger partial charge in [0, 0.05) is 6.61 Å². The molecule has 0 rings (SSSR count). The molecule has 1 nitrogen and oxygen atoms in total. The first-order chi connectivity index (χ1) is 9.41. The normalized spacial score (nSPS) is 12.3. The maximum absolute atomic E-state index is 8.59. The van der Waals surface area contributed by atoms with Crippen molar-refractivity contribution in [2.24, 2.45) is 0 Å². The molecule has 0 unspecified atom stereocenters. The Balaban J connectivity index is 3.18. The summed E-state index contributed by atoms with van der Waals surface area (Å²) in [5.74, 6) is 0. The zero-order valence-corrected chi connectivity index (χ0v) is 12.7. The fourth-order valence-corrected chi connectivity index (χ4v) is 1.87. The molecule has 110 valence electrons. The molecule has 0 saturated carbocycles. The van der Waals surface area contributed by atoms with Crippen molar-refractivity contribution in [3.05, 3.63) is 36.5 Å². The van der Waals surface area contributed by atoms with Crippen LogP contribution in [0.2, 0.25) is 0 Å². The van der Waals surface area contributed by atoms with Crippen LogP contribution < -0.4 is 0 Å². The smallest absolute Gasteiger partial charge is 0.0465 e. The second-order valence-electron chi connectivity index (χ2n) is 4.97. The maximum atomic E-state index is 8.59. The van der Waals surface area contributed by atoms with Gasteiger partial charge in [-0.15, -0.1) is 0 Å². The third kappa shape index (κ3) is 17.2. The Hall–Kier alpha value is -0.820. The van der Waals surface area contributed by atoms with Crippen LogP contribution in [-0.4, -0.2) is 11.7 Å². The Morgan fingerprint density at radius 3 is 1.74 bits per heavy atom. The van der Waals surface area contributed by atoms with Gasteiger partial charge in [-0.2, -0.15) is 0 Å². The molecule has 0 aliphatic carbocycles. The minimum absolute atomic E-state index is 0.246. The minimum atomic E-state index is 0.246. The molecule has 0 heterocycles. The standard InChI is InChI=1S/C18H32O/c1-2-3-4-5-6-7-8-9-10-11-12-13-14-15-16-17-18-19/h6-7,13-16,19H,2-5,8-12,17-18H2,1H3/b7-6+,14-13+,16-15+. The summed E-state index contributed by atoms with van der Waals surface area (Å²) in [7, 11) is 0. The van der Waals surface area contributed by atoms with Gasteiger partial charge in [0.15, 0.2) is 0 Å². The van der Waals surface area contributed by atoms with Gasteiger partial charge in [0.05, 0.1) is 0 Å². The van der Waals surface area contributed by atoms with Gasteiger partial charge >= 0.3 is 0 Å². The van der Waals surface area contributed by atoms with E-state index in [-0.39, 0.29) is 6.61 Å². The Labute approximate surface area is 120 Å². The van der Waals surface area contributed by atoms with Gasteiger partial charge in [-0.3, -0.25) is 0 Å². The van der Waals surface area contributed by atoms with Crippen molar-refractivity contribution in [3.8, 4) is 0 Å². The van der Waals surface area contributed by atoms with E-state index in [1.165, 1.54) is 57.8 Å². The van der Waals surface area contributed by atoms with Crippen LogP contribution in [0.15, 0.2) is 36.5 Å². The van der Waals surface area contributed by atoms with Crippen LogP contribution in [0.5, 0.6) is 0 Å². The topological polar surface area (TPSA) is 20.2 Å². The number of aliphatic hydroxyl groups excluding tert-OH is 1. The molecule has 0 spiro atoms. The minimum Gasteiger partial charge on any atom is -0.396 e. The van der Waals surface area contributed by atoms with E-state index >= 15 is 0 Å². The highest BCUT2D eigenvalue weighted by Gasteiger charge is 1.86. The highest BCUT2D eigenvalue weighted by atomic mass is 16.2. The molecule has 0 aromatic heterocycles. The lowest BCUT2D eigenvalue weighted by molar-refractivity contribution is 0.302. The van der Waals surface area contributed by atoms with Gasteiger partial charge in [-0.1, -0.05) is 62.6 Å². The average molecular weight is 264 g/mol. The third-order valence-electron chi connectivity index (χ3n) is 3.06. The fourth-order valence-electron chi connectivity index (χ4n) is 1.87. The first kappa shape index (κ1) is 18.2. The molecule has 0 atom stereocenters. The molecule has 0 aromatic rings. The SMILES string of the molecule is CCCCC/C=C/CCCCC/C=C/C=C/CCO. The van der Waals surface area contributed by atoms with Crippen molar-refractivity contribution in [3.63, 3.8) is 0 Å². The van der Waals surface area contributed by atoms with Crippen LogP contribution in [0.3, 0.4) is 0 Å². The molecule has 0 radical (unpaired) electrons. The molecule has 0 aliphatic rings. The number of rotatable bonds is 13. The molecule has 1 N–H and O–H groups in total. The van der Waals surface area contributed by atoms with Crippen molar-refractivity contribution in [2.45, 2.75) is 71.1 Å². The first-order valence-corrected chi connectivity index (χ1v) is 7.99. The molecule has 0 saturated heterocycles. The van der Waals surface area contributed by atoms with E-state index in [0.29, 0.717) is 0 Å². The van der Waals surface area contributed by atoms with Gasteiger partial charge in [-0.25, -0.2) is 0 Å². The van der Waals surface area contributed by atoms with Crippen molar-refractivity contribution in [2.75, 3.05) is 6.61 Å². The Kier molecular flexibility index (Phi) is 16.4. The van der Waals surface area contributed by atoms with Crippen molar-refractivity contribution >= 4 is 0 Å². The van der Waals surface area contributed by atoms with Crippen LogP contribution in [0.4, 0.5) is 0 Å². The van der Waals surface area contributed by atoms with E-state index in [9.17, 15) is 0 Å². The quantitative estimate of drug-likeness (QED) is 0.262.